The first-order valence-corrected chi connectivity index (χ1v) is 6.05. The van der Waals surface area contributed by atoms with Gasteiger partial charge in [0.05, 0.1) is 17.6 Å². The number of nitrogens with one attached hydrogen (secondary N) is 1. The number of nitrogens with two attached hydrogens (primary N) is 1. The van der Waals surface area contributed by atoms with E-state index in [0.717, 1.165) is 22.8 Å². The quantitative estimate of drug-likeness (QED) is 0.862. The zero-order valence-electron chi connectivity index (χ0n) is 10.8. The highest BCUT2D eigenvalue weighted by Crippen LogP contribution is 2.25. The molecule has 0 radical (unpaired) electrons. The summed E-state index contributed by atoms with van der Waals surface area (Å²) < 4.78 is 0. The molecule has 0 aliphatic heterocycles. The van der Waals surface area contributed by atoms with Crippen LogP contribution < -0.4 is 11.1 Å². The standard InChI is InChI=1S/C14H18N4/c1-10-3-5-12(6-4-10)14-13(16-8-7-15)9-17-11(2)18-14/h3-6,9,16H,7-8,15H2,1-2H3. The summed E-state index contributed by atoms with van der Waals surface area (Å²) in [6.07, 6.45) is 1.81. The topological polar surface area (TPSA) is 63.8 Å². The Bertz CT molecular complexity index is 520. The molecule has 0 spiro atoms. The summed E-state index contributed by atoms with van der Waals surface area (Å²) in [4.78, 5) is 8.73. The van der Waals surface area contributed by atoms with Crippen molar-refractivity contribution in [3.05, 3.63) is 41.9 Å². The summed E-state index contributed by atoms with van der Waals surface area (Å²) in [5, 5.41) is 3.25. The largest absolute Gasteiger partial charge is 0.381 e. The van der Waals surface area contributed by atoms with Crippen LogP contribution in [0, 0.1) is 13.8 Å². The fraction of sp³-hybridized carbons (Fsp3) is 0.286. The Morgan fingerprint density at radius 2 is 1.89 bits per heavy atom. The predicted octanol–water partition coefficient (Wildman–Crippen LogP) is 2.13. The second kappa shape index (κ2) is 5.60. The van der Waals surface area contributed by atoms with E-state index in [1.165, 1.54) is 5.56 Å². The molecule has 0 aliphatic carbocycles. The summed E-state index contributed by atoms with van der Waals surface area (Å²) in [6.45, 7) is 5.26. The Balaban J connectivity index is 2.40. The molecule has 1 heterocycles. The molecule has 1 aromatic carbocycles. The zero-order valence-corrected chi connectivity index (χ0v) is 10.8. The fourth-order valence-corrected chi connectivity index (χ4v) is 1.74. The Kier molecular flexibility index (Phi) is 3.89. The van der Waals surface area contributed by atoms with Gasteiger partial charge >= 0.3 is 0 Å². The number of anilines is 1. The van der Waals surface area contributed by atoms with Crippen LogP contribution >= 0.6 is 0 Å². The maximum absolute atomic E-state index is 5.51. The molecule has 0 amide bonds. The van der Waals surface area contributed by atoms with Gasteiger partial charge in [-0.05, 0) is 13.8 Å². The molecule has 4 nitrogen and oxygen atoms in total. The molecule has 94 valence electrons. The van der Waals surface area contributed by atoms with E-state index >= 15 is 0 Å². The minimum absolute atomic E-state index is 0.585. The highest BCUT2D eigenvalue weighted by molar-refractivity contribution is 5.73. The van der Waals surface area contributed by atoms with Crippen LogP contribution in [0.2, 0.25) is 0 Å². The van der Waals surface area contributed by atoms with E-state index in [1.807, 2.05) is 13.1 Å². The summed E-state index contributed by atoms with van der Waals surface area (Å²) >= 11 is 0. The van der Waals surface area contributed by atoms with Gasteiger partial charge in [0.25, 0.3) is 0 Å². The van der Waals surface area contributed by atoms with Gasteiger partial charge < -0.3 is 11.1 Å². The minimum atomic E-state index is 0.585. The second-order valence-corrected chi connectivity index (χ2v) is 4.26. The average Bonchev–Trinajstić information content (AvgIpc) is 2.38. The third kappa shape index (κ3) is 2.84. The van der Waals surface area contributed by atoms with Crippen molar-refractivity contribution in [1.82, 2.24) is 9.97 Å². The lowest BCUT2D eigenvalue weighted by molar-refractivity contribution is 1.00. The molecule has 2 rings (SSSR count). The summed E-state index contributed by atoms with van der Waals surface area (Å²) in [5.74, 6) is 0.767. The molecule has 2 aromatic rings. The van der Waals surface area contributed by atoms with Crippen LogP contribution in [0.1, 0.15) is 11.4 Å². The van der Waals surface area contributed by atoms with Gasteiger partial charge in [0.2, 0.25) is 0 Å². The first-order valence-electron chi connectivity index (χ1n) is 6.05. The van der Waals surface area contributed by atoms with Crippen LogP contribution in [0.4, 0.5) is 5.69 Å². The number of aryl methyl sites for hydroxylation is 2. The van der Waals surface area contributed by atoms with Gasteiger partial charge in [-0.25, -0.2) is 9.97 Å². The predicted molar refractivity (Wildman–Crippen MR) is 74.5 cm³/mol. The van der Waals surface area contributed by atoms with Crippen LogP contribution in [0.15, 0.2) is 30.5 Å². The number of hydrogen-bond donors (Lipinski definition) is 2. The Labute approximate surface area is 107 Å². The smallest absolute Gasteiger partial charge is 0.126 e. The second-order valence-electron chi connectivity index (χ2n) is 4.26. The molecular formula is C14H18N4. The zero-order chi connectivity index (χ0) is 13.0. The van der Waals surface area contributed by atoms with Crippen molar-refractivity contribution in [3.8, 4) is 11.3 Å². The summed E-state index contributed by atoms with van der Waals surface area (Å²) in [5.41, 5.74) is 9.69. The number of rotatable bonds is 4. The molecule has 0 aliphatic rings. The molecule has 1 aromatic heterocycles. The van der Waals surface area contributed by atoms with Crippen molar-refractivity contribution in [1.29, 1.82) is 0 Å². The van der Waals surface area contributed by atoms with Gasteiger partial charge in [-0.1, -0.05) is 29.8 Å². The maximum Gasteiger partial charge on any atom is 0.126 e. The lowest BCUT2D eigenvalue weighted by atomic mass is 10.1. The van der Waals surface area contributed by atoms with Gasteiger partial charge in [-0.2, -0.15) is 0 Å². The van der Waals surface area contributed by atoms with Gasteiger partial charge in [0.1, 0.15) is 5.82 Å². The third-order valence-electron chi connectivity index (χ3n) is 2.69. The van der Waals surface area contributed by atoms with Gasteiger partial charge in [0.15, 0.2) is 0 Å². The molecule has 0 unspecified atom stereocenters. The number of benzene rings is 1. The van der Waals surface area contributed by atoms with E-state index in [1.54, 1.807) is 0 Å². The Morgan fingerprint density at radius 1 is 1.17 bits per heavy atom. The van der Waals surface area contributed by atoms with Gasteiger partial charge in [0, 0.05) is 18.7 Å². The summed E-state index contributed by atoms with van der Waals surface area (Å²) in [6, 6.07) is 8.31. The van der Waals surface area contributed by atoms with E-state index in [4.69, 9.17) is 5.73 Å². The van der Waals surface area contributed by atoms with E-state index in [9.17, 15) is 0 Å². The molecule has 0 fully saturated rings. The maximum atomic E-state index is 5.51. The van der Waals surface area contributed by atoms with Gasteiger partial charge in [-0.3, -0.25) is 0 Å². The fourth-order valence-electron chi connectivity index (χ4n) is 1.74. The molecule has 3 N–H and O–H groups in total. The average molecular weight is 242 g/mol. The lowest BCUT2D eigenvalue weighted by Crippen LogP contribution is -2.14. The van der Waals surface area contributed by atoms with Crippen molar-refractivity contribution in [2.45, 2.75) is 13.8 Å². The molecule has 4 heteroatoms. The highest BCUT2D eigenvalue weighted by Gasteiger charge is 2.07. The van der Waals surface area contributed by atoms with E-state index < -0.39 is 0 Å². The minimum Gasteiger partial charge on any atom is -0.381 e. The van der Waals surface area contributed by atoms with E-state index in [-0.39, 0.29) is 0 Å². The highest BCUT2D eigenvalue weighted by atomic mass is 15.0. The van der Waals surface area contributed by atoms with Crippen molar-refractivity contribution < 1.29 is 0 Å². The van der Waals surface area contributed by atoms with E-state index in [2.05, 4.69) is 46.5 Å². The molecular weight excluding hydrogens is 224 g/mol. The molecule has 0 atom stereocenters. The van der Waals surface area contributed by atoms with Crippen molar-refractivity contribution in [2.75, 3.05) is 18.4 Å². The SMILES string of the molecule is Cc1ccc(-c2nc(C)ncc2NCCN)cc1. The Hall–Kier alpha value is -1.94. The normalized spacial score (nSPS) is 10.4. The first kappa shape index (κ1) is 12.5. The lowest BCUT2D eigenvalue weighted by Gasteiger charge is -2.11. The first-order chi connectivity index (χ1) is 8.70. The van der Waals surface area contributed by atoms with Crippen LogP contribution in [0.5, 0.6) is 0 Å². The number of aromatic nitrogens is 2. The summed E-state index contributed by atoms with van der Waals surface area (Å²) in [7, 11) is 0. The molecule has 0 bridgehead atoms. The number of hydrogen-bond acceptors (Lipinski definition) is 4. The Morgan fingerprint density at radius 3 is 2.56 bits per heavy atom. The van der Waals surface area contributed by atoms with Crippen LogP contribution in [-0.4, -0.2) is 23.1 Å². The van der Waals surface area contributed by atoms with Crippen molar-refractivity contribution in [3.63, 3.8) is 0 Å². The van der Waals surface area contributed by atoms with E-state index in [0.29, 0.717) is 13.1 Å². The molecule has 18 heavy (non-hydrogen) atoms. The van der Waals surface area contributed by atoms with Crippen LogP contribution in [-0.2, 0) is 0 Å². The van der Waals surface area contributed by atoms with Crippen LogP contribution in [0.3, 0.4) is 0 Å². The number of nitrogens with zero attached hydrogens (tertiary/aromatic N) is 2. The molecule has 0 saturated heterocycles. The van der Waals surface area contributed by atoms with Crippen LogP contribution in [0.25, 0.3) is 11.3 Å². The van der Waals surface area contributed by atoms with Crippen molar-refractivity contribution in [2.24, 2.45) is 5.73 Å². The monoisotopic (exact) mass is 242 g/mol. The third-order valence-corrected chi connectivity index (χ3v) is 2.69. The molecule has 0 saturated carbocycles. The van der Waals surface area contributed by atoms with Gasteiger partial charge in [-0.15, -0.1) is 0 Å². The van der Waals surface area contributed by atoms with Crippen molar-refractivity contribution >= 4 is 5.69 Å².